The van der Waals surface area contributed by atoms with E-state index in [0.29, 0.717) is 12.0 Å². The van der Waals surface area contributed by atoms with E-state index in [1.54, 1.807) is 0 Å². The van der Waals surface area contributed by atoms with Crippen LogP contribution in [0.25, 0.3) is 6.08 Å². The van der Waals surface area contributed by atoms with Crippen molar-refractivity contribution in [3.8, 4) is 0 Å². The van der Waals surface area contributed by atoms with E-state index in [1.807, 2.05) is 0 Å². The number of aliphatic hydroxyl groups excluding tert-OH is 2. The van der Waals surface area contributed by atoms with Gasteiger partial charge in [0, 0.05) is 17.7 Å². The van der Waals surface area contributed by atoms with Crippen LogP contribution in [0.3, 0.4) is 0 Å². The fourth-order valence-electron chi connectivity index (χ4n) is 2.03. The summed E-state index contributed by atoms with van der Waals surface area (Å²) in [5, 5.41) is 18.5. The highest BCUT2D eigenvalue weighted by atomic mass is 79.9. The number of rotatable bonds is 4. The zero-order valence-corrected chi connectivity index (χ0v) is 11.1. The van der Waals surface area contributed by atoms with Crippen LogP contribution in [0.4, 0.5) is 0 Å². The summed E-state index contributed by atoms with van der Waals surface area (Å²) in [5.74, 6) is 0. The first-order valence-corrected chi connectivity index (χ1v) is 6.33. The molecule has 0 bridgehead atoms. The van der Waals surface area contributed by atoms with Crippen LogP contribution in [0.1, 0.15) is 18.0 Å². The van der Waals surface area contributed by atoms with Crippen molar-refractivity contribution in [1.82, 2.24) is 9.55 Å². The number of nitrogens with zero attached hydrogens (tertiary/aromatic N) is 1. The third-order valence-corrected chi connectivity index (χ3v) is 3.61. The predicted octanol–water partition coefficient (Wildman–Crippen LogP) is -0.182. The van der Waals surface area contributed by atoms with Crippen LogP contribution in [-0.2, 0) is 0 Å². The third kappa shape index (κ3) is 2.09. The molecule has 1 fully saturated rings. The second kappa shape index (κ2) is 4.83. The number of halogens is 1. The monoisotopic (exact) mass is 316 g/mol. The summed E-state index contributed by atoms with van der Waals surface area (Å²) in [6, 6.07) is -0.278. The minimum atomic E-state index is -0.655. The molecule has 0 amide bonds. The highest BCUT2D eigenvalue weighted by molar-refractivity contribution is 9.11. The Morgan fingerprint density at radius 1 is 1.50 bits per heavy atom. The molecule has 1 aromatic heterocycles. The molecular weight excluding hydrogens is 304 g/mol. The Balaban J connectivity index is 2.45. The first kappa shape index (κ1) is 13.3. The minimum absolute atomic E-state index is 0.191. The van der Waals surface area contributed by atoms with Gasteiger partial charge in [-0.2, -0.15) is 0 Å². The average Bonchev–Trinajstić information content (AvgIpc) is 3.08. The van der Waals surface area contributed by atoms with Gasteiger partial charge in [-0.3, -0.25) is 14.3 Å². The van der Waals surface area contributed by atoms with Crippen LogP contribution in [0.15, 0.2) is 20.8 Å². The zero-order valence-electron chi connectivity index (χ0n) is 9.47. The molecule has 1 heterocycles. The summed E-state index contributed by atoms with van der Waals surface area (Å²) < 4.78 is 1.36. The molecule has 0 spiro atoms. The highest BCUT2D eigenvalue weighted by Crippen LogP contribution is 2.54. The molecule has 0 saturated heterocycles. The molecule has 7 heteroatoms. The van der Waals surface area contributed by atoms with Crippen molar-refractivity contribution in [1.29, 1.82) is 0 Å². The molecule has 18 heavy (non-hydrogen) atoms. The van der Waals surface area contributed by atoms with Crippen molar-refractivity contribution in [2.24, 2.45) is 5.41 Å². The maximum Gasteiger partial charge on any atom is 0.328 e. The van der Waals surface area contributed by atoms with Crippen molar-refractivity contribution in [2.75, 3.05) is 13.2 Å². The van der Waals surface area contributed by atoms with Gasteiger partial charge in [-0.25, -0.2) is 4.79 Å². The average molecular weight is 317 g/mol. The van der Waals surface area contributed by atoms with E-state index in [1.165, 1.54) is 21.8 Å². The van der Waals surface area contributed by atoms with E-state index < -0.39 is 16.7 Å². The molecule has 0 radical (unpaired) electrons. The number of H-pyrrole nitrogens is 1. The number of hydrogen-bond donors (Lipinski definition) is 3. The summed E-state index contributed by atoms with van der Waals surface area (Å²) in [6.07, 6.45) is 3.48. The minimum Gasteiger partial charge on any atom is -0.396 e. The molecule has 98 valence electrons. The molecule has 2 rings (SSSR count). The van der Waals surface area contributed by atoms with Crippen molar-refractivity contribution < 1.29 is 10.2 Å². The van der Waals surface area contributed by atoms with Crippen LogP contribution in [0.2, 0.25) is 0 Å². The highest BCUT2D eigenvalue weighted by Gasteiger charge is 2.55. The second-order valence-electron chi connectivity index (χ2n) is 4.44. The lowest BCUT2D eigenvalue weighted by molar-refractivity contribution is 0.122. The fourth-order valence-corrected chi connectivity index (χ4v) is 2.31. The maximum absolute atomic E-state index is 11.7. The molecule has 0 aromatic carbocycles. The standard InChI is InChI=1S/C11H13BrN2O4/c12-2-1-7-4-14(10(18)13-9(7)17)8-3-11(8,5-15)6-16/h1-2,4,8,15-16H,3,5-6H2,(H,13,17,18)/b2-1+. The van der Waals surface area contributed by atoms with E-state index in [0.717, 1.165) is 0 Å². The fraction of sp³-hybridized carbons (Fsp3) is 0.455. The van der Waals surface area contributed by atoms with Gasteiger partial charge < -0.3 is 10.2 Å². The number of aliphatic hydroxyl groups is 2. The molecule has 3 N–H and O–H groups in total. The number of aromatic nitrogens is 2. The van der Waals surface area contributed by atoms with Gasteiger partial charge in [-0.05, 0) is 17.5 Å². The number of nitrogens with one attached hydrogen (secondary N) is 1. The Hall–Kier alpha value is -1.18. The van der Waals surface area contributed by atoms with Crippen LogP contribution < -0.4 is 11.2 Å². The summed E-state index contributed by atoms with van der Waals surface area (Å²) in [5.41, 5.74) is -1.31. The maximum atomic E-state index is 11.7. The van der Waals surface area contributed by atoms with Crippen molar-refractivity contribution in [3.05, 3.63) is 37.6 Å². The summed E-state index contributed by atoms with van der Waals surface area (Å²) >= 11 is 3.07. The summed E-state index contributed by atoms with van der Waals surface area (Å²) in [7, 11) is 0. The summed E-state index contributed by atoms with van der Waals surface area (Å²) in [4.78, 5) is 26.9. The molecule has 6 nitrogen and oxygen atoms in total. The molecule has 1 saturated carbocycles. The van der Waals surface area contributed by atoms with Gasteiger partial charge in [0.1, 0.15) is 0 Å². The van der Waals surface area contributed by atoms with Gasteiger partial charge in [0.05, 0.1) is 18.8 Å². The Labute approximate surface area is 111 Å². The Bertz CT molecular complexity index is 585. The zero-order chi connectivity index (χ0) is 13.3. The Morgan fingerprint density at radius 2 is 2.17 bits per heavy atom. The third-order valence-electron chi connectivity index (χ3n) is 3.35. The lowest BCUT2D eigenvalue weighted by Crippen LogP contribution is -2.32. The van der Waals surface area contributed by atoms with Crippen molar-refractivity contribution in [2.45, 2.75) is 12.5 Å². The largest absolute Gasteiger partial charge is 0.396 e. The first-order chi connectivity index (χ1) is 8.57. The quantitative estimate of drug-likeness (QED) is 0.718. The molecule has 1 aromatic rings. The van der Waals surface area contributed by atoms with Crippen LogP contribution >= 0.6 is 15.9 Å². The van der Waals surface area contributed by atoms with E-state index >= 15 is 0 Å². The van der Waals surface area contributed by atoms with Crippen molar-refractivity contribution >= 4 is 22.0 Å². The second-order valence-corrected chi connectivity index (χ2v) is 4.97. The van der Waals surface area contributed by atoms with E-state index in [-0.39, 0.29) is 19.3 Å². The van der Waals surface area contributed by atoms with Crippen molar-refractivity contribution in [3.63, 3.8) is 0 Å². The van der Waals surface area contributed by atoms with Crippen LogP contribution in [0, 0.1) is 5.41 Å². The Morgan fingerprint density at radius 3 is 2.67 bits per heavy atom. The predicted molar refractivity (Wildman–Crippen MR) is 69.5 cm³/mol. The topological polar surface area (TPSA) is 95.3 Å². The number of aromatic amines is 1. The first-order valence-electron chi connectivity index (χ1n) is 5.42. The van der Waals surface area contributed by atoms with Gasteiger partial charge in [0.25, 0.3) is 5.56 Å². The lowest BCUT2D eigenvalue weighted by atomic mass is 10.1. The molecule has 0 aliphatic heterocycles. The normalized spacial score (nSPS) is 21.4. The van der Waals surface area contributed by atoms with Crippen LogP contribution in [-0.4, -0.2) is 33.0 Å². The SMILES string of the molecule is O=c1[nH]c(=O)n(C2CC2(CO)CO)cc1/C=C/Br. The molecular formula is C11H13BrN2O4. The molecule has 1 atom stereocenters. The van der Waals surface area contributed by atoms with Gasteiger partial charge in [-0.15, -0.1) is 0 Å². The molecule has 1 unspecified atom stereocenters. The van der Waals surface area contributed by atoms with E-state index in [4.69, 9.17) is 0 Å². The Kier molecular flexibility index (Phi) is 3.56. The molecule has 1 aliphatic rings. The molecule has 1 aliphatic carbocycles. The lowest BCUT2D eigenvalue weighted by Gasteiger charge is -2.12. The number of hydrogen-bond acceptors (Lipinski definition) is 4. The van der Waals surface area contributed by atoms with Gasteiger partial charge in [-0.1, -0.05) is 15.9 Å². The van der Waals surface area contributed by atoms with E-state index in [9.17, 15) is 19.8 Å². The van der Waals surface area contributed by atoms with Gasteiger partial charge in [0.15, 0.2) is 0 Å². The van der Waals surface area contributed by atoms with Gasteiger partial charge in [0.2, 0.25) is 0 Å². The van der Waals surface area contributed by atoms with Gasteiger partial charge >= 0.3 is 5.69 Å². The summed E-state index contributed by atoms with van der Waals surface area (Å²) in [6.45, 7) is -0.382. The van der Waals surface area contributed by atoms with E-state index in [2.05, 4.69) is 20.9 Å². The van der Waals surface area contributed by atoms with Crippen LogP contribution in [0.5, 0.6) is 0 Å². The smallest absolute Gasteiger partial charge is 0.328 e.